The van der Waals surface area contributed by atoms with E-state index in [-0.39, 0.29) is 11.9 Å². The number of hydrogen-bond acceptors (Lipinski definition) is 3. The van der Waals surface area contributed by atoms with E-state index in [9.17, 15) is 4.79 Å². The largest absolute Gasteiger partial charge is 0.370 e. The first-order valence-electron chi connectivity index (χ1n) is 13.8. The molecule has 6 rings (SSSR count). The molecular weight excluding hydrogens is 480 g/mol. The van der Waals surface area contributed by atoms with Crippen LogP contribution < -0.4 is 10.6 Å². The Balaban J connectivity index is 1.21. The molecule has 3 aromatic carbocycles. The van der Waals surface area contributed by atoms with Gasteiger partial charge in [-0.05, 0) is 91.3 Å². The zero-order valence-corrected chi connectivity index (χ0v) is 22.8. The van der Waals surface area contributed by atoms with Crippen LogP contribution in [0.5, 0.6) is 0 Å². The lowest BCUT2D eigenvalue weighted by molar-refractivity contribution is 0.0940. The summed E-state index contributed by atoms with van der Waals surface area (Å²) in [6.07, 6.45) is 3.99. The molecule has 39 heavy (non-hydrogen) atoms. The van der Waals surface area contributed by atoms with Crippen LogP contribution in [0.25, 0.3) is 22.0 Å². The maximum Gasteiger partial charge on any atom is 0.251 e. The third-order valence-electron chi connectivity index (χ3n) is 8.05. The number of amides is 1. The Morgan fingerprint density at radius 3 is 2.56 bits per heavy atom. The normalized spacial score (nSPS) is 13.5. The summed E-state index contributed by atoms with van der Waals surface area (Å²) in [5.41, 5.74) is 10.2. The number of benzene rings is 3. The Labute approximate surface area is 229 Å². The van der Waals surface area contributed by atoms with E-state index < -0.39 is 0 Å². The average Bonchev–Trinajstić information content (AvgIpc) is 3.21. The monoisotopic (exact) mass is 514 g/mol. The van der Waals surface area contributed by atoms with Crippen LogP contribution >= 0.6 is 0 Å². The molecule has 2 N–H and O–H groups in total. The van der Waals surface area contributed by atoms with E-state index in [4.69, 9.17) is 0 Å². The standard InChI is InChI=1S/C34H34N4O/c1-22-24(3)38(21-25-11-13-27(14-12-25)26-8-5-4-6-9-26)32-16-15-29(19-31(22)32)34(39)37-23(2)30-18-28-10-7-17-35-33(28)36-20-30/h4-6,8-9,11-16,18-20,23H,7,10,17,21H2,1-3H3,(H,35,36)(H,37,39)/t23-/m0/s1. The molecule has 0 unspecified atom stereocenters. The molecule has 1 aliphatic heterocycles. The summed E-state index contributed by atoms with van der Waals surface area (Å²) in [5, 5.41) is 7.65. The molecule has 0 radical (unpaired) electrons. The van der Waals surface area contributed by atoms with Gasteiger partial charge in [-0.3, -0.25) is 4.79 Å². The van der Waals surface area contributed by atoms with Gasteiger partial charge in [0.2, 0.25) is 0 Å². The fourth-order valence-electron chi connectivity index (χ4n) is 5.57. The summed E-state index contributed by atoms with van der Waals surface area (Å²) in [7, 11) is 0. The Morgan fingerprint density at radius 2 is 1.77 bits per heavy atom. The van der Waals surface area contributed by atoms with Crippen LogP contribution in [-0.4, -0.2) is 22.0 Å². The molecular formula is C34H34N4O. The molecule has 5 aromatic rings. The Morgan fingerprint density at radius 1 is 1.00 bits per heavy atom. The lowest BCUT2D eigenvalue weighted by Crippen LogP contribution is -2.27. The number of pyridine rings is 1. The molecule has 1 amide bonds. The van der Waals surface area contributed by atoms with Crippen molar-refractivity contribution in [3.8, 4) is 11.1 Å². The average molecular weight is 515 g/mol. The summed E-state index contributed by atoms with van der Waals surface area (Å²) in [6.45, 7) is 8.07. The second-order valence-corrected chi connectivity index (χ2v) is 10.6. The second kappa shape index (κ2) is 10.4. The van der Waals surface area contributed by atoms with Gasteiger partial charge in [-0.25, -0.2) is 4.98 Å². The van der Waals surface area contributed by atoms with Crippen molar-refractivity contribution < 1.29 is 4.79 Å². The van der Waals surface area contributed by atoms with Crippen LogP contribution in [-0.2, 0) is 13.0 Å². The predicted molar refractivity (Wildman–Crippen MR) is 159 cm³/mol. The summed E-state index contributed by atoms with van der Waals surface area (Å²) in [5.74, 6) is 0.901. The maximum atomic E-state index is 13.3. The van der Waals surface area contributed by atoms with Crippen molar-refractivity contribution in [3.05, 3.63) is 119 Å². The minimum absolute atomic E-state index is 0.0680. The Hall–Kier alpha value is -4.38. The van der Waals surface area contributed by atoms with Gasteiger partial charge >= 0.3 is 0 Å². The lowest BCUT2D eigenvalue weighted by atomic mass is 10.0. The number of hydrogen-bond donors (Lipinski definition) is 2. The summed E-state index contributed by atoms with van der Waals surface area (Å²) >= 11 is 0. The minimum Gasteiger partial charge on any atom is -0.370 e. The Bertz CT molecular complexity index is 1650. The molecule has 1 atom stereocenters. The van der Waals surface area contributed by atoms with Gasteiger partial charge in [0.1, 0.15) is 5.82 Å². The van der Waals surface area contributed by atoms with Gasteiger partial charge in [-0.1, -0.05) is 54.6 Å². The first-order valence-corrected chi connectivity index (χ1v) is 13.8. The smallest absolute Gasteiger partial charge is 0.251 e. The van der Waals surface area contributed by atoms with Crippen molar-refractivity contribution in [2.24, 2.45) is 0 Å². The zero-order chi connectivity index (χ0) is 26.9. The lowest BCUT2D eigenvalue weighted by Gasteiger charge is -2.20. The predicted octanol–water partition coefficient (Wildman–Crippen LogP) is 7.22. The number of carbonyl (C=O) groups is 1. The number of carbonyl (C=O) groups excluding carboxylic acids is 1. The SMILES string of the molecule is Cc1c(C)n(Cc2ccc(-c3ccccc3)cc2)c2ccc(C(=O)N[C@@H](C)c3cnc4c(c3)CCCN4)cc12. The van der Waals surface area contributed by atoms with Crippen molar-refractivity contribution in [2.45, 2.75) is 46.2 Å². The van der Waals surface area contributed by atoms with Gasteiger partial charge in [-0.15, -0.1) is 0 Å². The highest BCUT2D eigenvalue weighted by Gasteiger charge is 2.18. The van der Waals surface area contributed by atoms with Crippen LogP contribution in [0.1, 0.15) is 57.7 Å². The van der Waals surface area contributed by atoms with Gasteiger partial charge < -0.3 is 15.2 Å². The third kappa shape index (κ3) is 4.92. The highest BCUT2D eigenvalue weighted by molar-refractivity contribution is 5.99. The summed E-state index contributed by atoms with van der Waals surface area (Å²) in [6, 6.07) is 27.3. The highest BCUT2D eigenvalue weighted by atomic mass is 16.1. The van der Waals surface area contributed by atoms with E-state index in [1.807, 2.05) is 31.3 Å². The summed E-state index contributed by atoms with van der Waals surface area (Å²) in [4.78, 5) is 17.8. The van der Waals surface area contributed by atoms with E-state index in [0.717, 1.165) is 48.2 Å². The molecule has 5 nitrogen and oxygen atoms in total. The molecule has 5 heteroatoms. The number of nitrogens with zero attached hydrogens (tertiary/aromatic N) is 2. The van der Waals surface area contributed by atoms with Gasteiger partial charge in [0.25, 0.3) is 5.91 Å². The fourth-order valence-corrected chi connectivity index (χ4v) is 5.57. The number of aryl methyl sites for hydroxylation is 2. The van der Waals surface area contributed by atoms with Gasteiger partial charge in [-0.2, -0.15) is 0 Å². The van der Waals surface area contributed by atoms with Crippen molar-refractivity contribution in [2.75, 3.05) is 11.9 Å². The second-order valence-electron chi connectivity index (χ2n) is 10.6. The number of rotatable bonds is 6. The zero-order valence-electron chi connectivity index (χ0n) is 22.8. The van der Waals surface area contributed by atoms with Crippen LogP contribution in [0.2, 0.25) is 0 Å². The molecule has 3 heterocycles. The van der Waals surface area contributed by atoms with E-state index in [0.29, 0.717) is 5.56 Å². The van der Waals surface area contributed by atoms with Crippen molar-refractivity contribution in [1.29, 1.82) is 0 Å². The van der Waals surface area contributed by atoms with Crippen LogP contribution in [0, 0.1) is 13.8 Å². The molecule has 0 aliphatic carbocycles. The van der Waals surface area contributed by atoms with Gasteiger partial charge in [0.15, 0.2) is 0 Å². The number of nitrogens with one attached hydrogen (secondary N) is 2. The van der Waals surface area contributed by atoms with Crippen LogP contribution in [0.3, 0.4) is 0 Å². The molecule has 0 saturated heterocycles. The Kier molecular flexibility index (Phi) is 6.65. The molecule has 0 bridgehead atoms. The van der Waals surface area contributed by atoms with Crippen molar-refractivity contribution >= 4 is 22.6 Å². The molecule has 0 saturated carbocycles. The molecule has 0 fully saturated rings. The summed E-state index contributed by atoms with van der Waals surface area (Å²) < 4.78 is 2.35. The first kappa shape index (κ1) is 24.9. The molecule has 196 valence electrons. The molecule has 1 aliphatic rings. The first-order chi connectivity index (χ1) is 19.0. The quantitative estimate of drug-likeness (QED) is 0.252. The van der Waals surface area contributed by atoms with E-state index in [1.54, 1.807) is 0 Å². The van der Waals surface area contributed by atoms with Crippen LogP contribution in [0.4, 0.5) is 5.82 Å². The van der Waals surface area contributed by atoms with Crippen molar-refractivity contribution in [1.82, 2.24) is 14.9 Å². The maximum absolute atomic E-state index is 13.3. The topological polar surface area (TPSA) is 59.0 Å². The van der Waals surface area contributed by atoms with Crippen LogP contribution in [0.15, 0.2) is 85.1 Å². The van der Waals surface area contributed by atoms with Gasteiger partial charge in [0, 0.05) is 41.4 Å². The van der Waals surface area contributed by atoms with E-state index in [2.05, 4.69) is 94.7 Å². The highest BCUT2D eigenvalue weighted by Crippen LogP contribution is 2.29. The van der Waals surface area contributed by atoms with E-state index in [1.165, 1.54) is 33.5 Å². The molecule has 2 aromatic heterocycles. The number of anilines is 1. The van der Waals surface area contributed by atoms with Crippen molar-refractivity contribution in [3.63, 3.8) is 0 Å². The minimum atomic E-state index is -0.126. The van der Waals surface area contributed by atoms with E-state index >= 15 is 0 Å². The number of aromatic nitrogens is 2. The van der Waals surface area contributed by atoms with Gasteiger partial charge in [0.05, 0.1) is 6.04 Å². The fraction of sp³-hybridized carbons (Fsp3) is 0.235. The third-order valence-corrected chi connectivity index (χ3v) is 8.05. The number of fused-ring (bicyclic) bond motifs is 2. The molecule has 0 spiro atoms.